The van der Waals surface area contributed by atoms with E-state index in [9.17, 15) is 9.59 Å². The molecule has 1 aliphatic rings. The van der Waals surface area contributed by atoms with Crippen molar-refractivity contribution in [1.82, 2.24) is 19.2 Å². The SMILES string of the molecule is Cn1nc(CN(Cc2ccco2)C(=O)Cn2c(=O)oc3ccccc32)c2c1CCC2. The maximum Gasteiger partial charge on any atom is 0.420 e. The van der Waals surface area contributed by atoms with Crippen LogP contribution in [0.4, 0.5) is 0 Å². The van der Waals surface area contributed by atoms with Gasteiger partial charge in [0.15, 0.2) is 5.58 Å². The van der Waals surface area contributed by atoms with Gasteiger partial charge in [0.05, 0.1) is 30.6 Å². The predicted octanol–water partition coefficient (Wildman–Crippen LogP) is 2.64. The molecule has 0 N–H and O–H groups in total. The Bertz CT molecular complexity index is 1260. The number of nitrogens with zero attached hydrogens (tertiary/aromatic N) is 4. The van der Waals surface area contributed by atoms with Crippen LogP contribution in [0.1, 0.15) is 29.1 Å². The Morgan fingerprint density at radius 1 is 1.17 bits per heavy atom. The quantitative estimate of drug-likeness (QED) is 0.491. The summed E-state index contributed by atoms with van der Waals surface area (Å²) in [5.41, 5.74) is 4.46. The number of hydrogen-bond acceptors (Lipinski definition) is 5. The molecule has 0 aliphatic heterocycles. The van der Waals surface area contributed by atoms with Crippen LogP contribution in [0.25, 0.3) is 11.1 Å². The van der Waals surface area contributed by atoms with E-state index < -0.39 is 5.76 Å². The van der Waals surface area contributed by atoms with Crippen LogP contribution in [0.3, 0.4) is 0 Å². The third-order valence-electron chi connectivity index (χ3n) is 5.69. The highest BCUT2D eigenvalue weighted by Gasteiger charge is 2.25. The number of carbonyl (C=O) groups is 1. The Balaban J connectivity index is 1.45. The van der Waals surface area contributed by atoms with E-state index in [0.29, 0.717) is 29.9 Å². The first-order valence-corrected chi connectivity index (χ1v) is 10.0. The summed E-state index contributed by atoms with van der Waals surface area (Å²) >= 11 is 0. The predicted molar refractivity (Wildman–Crippen MR) is 109 cm³/mol. The molecule has 1 aromatic carbocycles. The molecule has 0 saturated heterocycles. The van der Waals surface area contributed by atoms with Crippen molar-refractivity contribution < 1.29 is 13.6 Å². The summed E-state index contributed by atoms with van der Waals surface area (Å²) in [6, 6.07) is 10.7. The van der Waals surface area contributed by atoms with Crippen LogP contribution in [0.5, 0.6) is 0 Å². The molecule has 1 aliphatic carbocycles. The zero-order valence-corrected chi connectivity index (χ0v) is 16.7. The first kappa shape index (κ1) is 18.5. The highest BCUT2D eigenvalue weighted by Crippen LogP contribution is 2.26. The summed E-state index contributed by atoms with van der Waals surface area (Å²) in [6.45, 7) is 0.570. The summed E-state index contributed by atoms with van der Waals surface area (Å²) in [4.78, 5) is 27.3. The van der Waals surface area contributed by atoms with Crippen molar-refractivity contribution in [2.24, 2.45) is 7.05 Å². The van der Waals surface area contributed by atoms with E-state index in [4.69, 9.17) is 8.83 Å². The van der Waals surface area contributed by atoms with Crippen LogP contribution >= 0.6 is 0 Å². The molecule has 3 aromatic heterocycles. The van der Waals surface area contributed by atoms with Gasteiger partial charge in [0.1, 0.15) is 12.3 Å². The number of amides is 1. The molecular weight excluding hydrogens is 384 g/mol. The lowest BCUT2D eigenvalue weighted by Crippen LogP contribution is -2.35. The summed E-state index contributed by atoms with van der Waals surface area (Å²) in [5.74, 6) is -0.0565. The van der Waals surface area contributed by atoms with Crippen LogP contribution in [-0.2, 0) is 44.3 Å². The van der Waals surface area contributed by atoms with Gasteiger partial charge in [-0.1, -0.05) is 12.1 Å². The van der Waals surface area contributed by atoms with Crippen molar-refractivity contribution in [1.29, 1.82) is 0 Å². The Hall–Kier alpha value is -3.55. The largest absolute Gasteiger partial charge is 0.467 e. The van der Waals surface area contributed by atoms with Gasteiger partial charge >= 0.3 is 5.76 Å². The maximum atomic E-state index is 13.3. The number of aryl methyl sites for hydroxylation is 1. The van der Waals surface area contributed by atoms with Crippen molar-refractivity contribution in [3.8, 4) is 0 Å². The van der Waals surface area contributed by atoms with Crippen molar-refractivity contribution in [3.05, 3.63) is 75.9 Å². The average Bonchev–Trinajstić information content (AvgIpc) is 3.50. The smallest absolute Gasteiger partial charge is 0.420 e. The fourth-order valence-corrected chi connectivity index (χ4v) is 4.23. The minimum Gasteiger partial charge on any atom is -0.467 e. The molecule has 0 saturated carbocycles. The third-order valence-corrected chi connectivity index (χ3v) is 5.69. The van der Waals surface area contributed by atoms with Gasteiger partial charge in [-0.3, -0.25) is 14.0 Å². The Morgan fingerprint density at radius 3 is 2.87 bits per heavy atom. The molecule has 3 heterocycles. The number of aromatic nitrogens is 3. The lowest BCUT2D eigenvalue weighted by Gasteiger charge is -2.21. The Kier molecular flexibility index (Phi) is 4.54. The van der Waals surface area contributed by atoms with Crippen LogP contribution in [0.15, 0.2) is 56.3 Å². The lowest BCUT2D eigenvalue weighted by atomic mass is 10.2. The van der Waals surface area contributed by atoms with Crippen molar-refractivity contribution in [2.75, 3.05) is 0 Å². The Labute approximate surface area is 172 Å². The van der Waals surface area contributed by atoms with Crippen molar-refractivity contribution >= 4 is 17.0 Å². The van der Waals surface area contributed by atoms with Gasteiger partial charge in [-0.15, -0.1) is 0 Å². The van der Waals surface area contributed by atoms with Gasteiger partial charge in [-0.25, -0.2) is 4.79 Å². The number of fused-ring (bicyclic) bond motifs is 2. The third kappa shape index (κ3) is 3.24. The van der Waals surface area contributed by atoms with Crippen molar-refractivity contribution in [2.45, 2.75) is 38.9 Å². The van der Waals surface area contributed by atoms with Crippen LogP contribution in [0.2, 0.25) is 0 Å². The highest BCUT2D eigenvalue weighted by molar-refractivity contribution is 5.79. The van der Waals surface area contributed by atoms with Gasteiger partial charge in [-0.2, -0.15) is 5.10 Å². The number of carbonyl (C=O) groups excluding carboxylic acids is 1. The zero-order valence-electron chi connectivity index (χ0n) is 16.7. The van der Waals surface area contributed by atoms with Crippen LogP contribution in [0, 0.1) is 0 Å². The normalized spacial score (nSPS) is 13.1. The second kappa shape index (κ2) is 7.37. The molecule has 0 spiro atoms. The van der Waals surface area contributed by atoms with Crippen molar-refractivity contribution in [3.63, 3.8) is 0 Å². The van der Waals surface area contributed by atoms with Gasteiger partial charge in [0.2, 0.25) is 5.91 Å². The van der Waals surface area contributed by atoms with Gasteiger partial charge in [0, 0.05) is 12.7 Å². The minimum atomic E-state index is -0.541. The molecular formula is C22H22N4O4. The topological polar surface area (TPSA) is 86.4 Å². The second-order valence-corrected chi connectivity index (χ2v) is 7.60. The number of furan rings is 1. The number of hydrogen-bond donors (Lipinski definition) is 0. The fraction of sp³-hybridized carbons (Fsp3) is 0.318. The average molecular weight is 406 g/mol. The highest BCUT2D eigenvalue weighted by atomic mass is 16.4. The molecule has 30 heavy (non-hydrogen) atoms. The van der Waals surface area contributed by atoms with E-state index in [-0.39, 0.29) is 12.5 Å². The maximum absolute atomic E-state index is 13.3. The van der Waals surface area contributed by atoms with Crippen LogP contribution in [-0.4, -0.2) is 25.2 Å². The molecule has 0 fully saturated rings. The minimum absolute atomic E-state index is 0.106. The summed E-state index contributed by atoms with van der Waals surface area (Å²) in [6.07, 6.45) is 4.69. The number of para-hydroxylation sites is 2. The molecule has 1 amide bonds. The lowest BCUT2D eigenvalue weighted by molar-refractivity contribution is -0.133. The van der Waals surface area contributed by atoms with E-state index in [1.54, 1.807) is 35.4 Å². The molecule has 4 aromatic rings. The monoisotopic (exact) mass is 406 g/mol. The van der Waals surface area contributed by atoms with E-state index in [2.05, 4.69) is 5.10 Å². The van der Waals surface area contributed by atoms with E-state index in [0.717, 1.165) is 25.0 Å². The standard InChI is InChI=1S/C22H22N4O4/c1-24-18-9-4-7-16(18)17(23-24)13-25(12-15-6-5-11-29-15)21(27)14-26-19-8-2-3-10-20(19)30-22(26)28/h2-3,5-6,8,10-11H,4,7,9,12-14H2,1H3. The molecule has 8 nitrogen and oxygen atoms in total. The van der Waals surface area contributed by atoms with E-state index in [1.807, 2.05) is 23.9 Å². The molecule has 8 heteroatoms. The fourth-order valence-electron chi connectivity index (χ4n) is 4.23. The number of benzene rings is 1. The Morgan fingerprint density at radius 2 is 2.03 bits per heavy atom. The molecule has 0 atom stereocenters. The summed E-state index contributed by atoms with van der Waals surface area (Å²) < 4.78 is 14.0. The van der Waals surface area contributed by atoms with E-state index in [1.165, 1.54) is 15.8 Å². The van der Waals surface area contributed by atoms with Gasteiger partial charge in [0.25, 0.3) is 0 Å². The summed E-state index contributed by atoms with van der Waals surface area (Å²) in [5, 5.41) is 4.65. The van der Waals surface area contributed by atoms with Gasteiger partial charge < -0.3 is 13.7 Å². The molecule has 0 radical (unpaired) electrons. The first-order chi connectivity index (χ1) is 14.6. The van der Waals surface area contributed by atoms with Gasteiger partial charge in [-0.05, 0) is 49.1 Å². The van der Waals surface area contributed by atoms with Crippen LogP contribution < -0.4 is 5.76 Å². The number of oxazole rings is 1. The zero-order chi connectivity index (χ0) is 20.7. The molecule has 0 bridgehead atoms. The second-order valence-electron chi connectivity index (χ2n) is 7.60. The molecule has 0 unspecified atom stereocenters. The molecule has 5 rings (SSSR count). The number of rotatable bonds is 6. The first-order valence-electron chi connectivity index (χ1n) is 10.0. The molecule has 154 valence electrons. The van der Waals surface area contributed by atoms with E-state index >= 15 is 0 Å². The summed E-state index contributed by atoms with van der Waals surface area (Å²) in [7, 11) is 1.95.